The molecule has 2 aromatic rings. The second-order valence-corrected chi connectivity index (χ2v) is 7.79. The number of aromatic nitrogens is 2. The normalized spacial score (nSPS) is 26.0. The van der Waals surface area contributed by atoms with E-state index >= 15 is 0 Å². The lowest BCUT2D eigenvalue weighted by molar-refractivity contribution is 0.0836. The molecule has 2 saturated heterocycles. The smallest absolute Gasteiger partial charge is 0.252 e. The second-order valence-electron chi connectivity index (χ2n) is 7.79. The van der Waals surface area contributed by atoms with Gasteiger partial charge in [0.05, 0.1) is 6.04 Å². The summed E-state index contributed by atoms with van der Waals surface area (Å²) in [6, 6.07) is 6.50. The molecule has 2 aliphatic rings. The van der Waals surface area contributed by atoms with Gasteiger partial charge in [0, 0.05) is 35.1 Å². The molecule has 1 aromatic heterocycles. The zero-order valence-corrected chi connectivity index (χ0v) is 15.7. The number of aryl methyl sites for hydroxylation is 2. The van der Waals surface area contributed by atoms with Crippen LogP contribution in [0.15, 0.2) is 36.9 Å². The molecule has 5 heteroatoms. The summed E-state index contributed by atoms with van der Waals surface area (Å²) >= 11 is 0. The van der Waals surface area contributed by atoms with Crippen molar-refractivity contribution in [3.05, 3.63) is 59.2 Å². The molecule has 2 bridgehead atoms. The highest BCUT2D eigenvalue weighted by atomic mass is 16.1. The molecule has 3 heterocycles. The van der Waals surface area contributed by atoms with Crippen molar-refractivity contribution in [3.63, 3.8) is 0 Å². The Bertz CT molecular complexity index is 792. The van der Waals surface area contributed by atoms with Gasteiger partial charge < -0.3 is 5.32 Å². The maximum Gasteiger partial charge on any atom is 0.252 e. The molecule has 26 heavy (non-hydrogen) atoms. The van der Waals surface area contributed by atoms with Crippen LogP contribution >= 0.6 is 0 Å². The molecule has 5 nitrogen and oxygen atoms in total. The third-order valence-corrected chi connectivity index (χ3v) is 6.51. The molecule has 1 N–H and O–H groups in total. The zero-order valence-electron chi connectivity index (χ0n) is 15.7. The summed E-state index contributed by atoms with van der Waals surface area (Å²) in [5.74, 6) is -0.00687. The maximum atomic E-state index is 13.2. The summed E-state index contributed by atoms with van der Waals surface area (Å²) in [6.45, 7) is 3.99. The largest absolute Gasteiger partial charge is 0.343 e. The van der Waals surface area contributed by atoms with Gasteiger partial charge in [-0.2, -0.15) is 0 Å². The number of hydrogen-bond acceptors (Lipinski definition) is 4. The first kappa shape index (κ1) is 17.2. The first-order valence-electron chi connectivity index (χ1n) is 9.38. The number of hydrogen-bond donors (Lipinski definition) is 1. The molecule has 1 aromatic carbocycles. The topological polar surface area (TPSA) is 58.1 Å². The van der Waals surface area contributed by atoms with Gasteiger partial charge in [-0.1, -0.05) is 18.2 Å². The first-order valence-corrected chi connectivity index (χ1v) is 9.38. The van der Waals surface area contributed by atoms with E-state index in [1.54, 1.807) is 6.33 Å². The number of fused-ring (bicyclic) bond motifs is 2. The quantitative estimate of drug-likeness (QED) is 0.920. The fourth-order valence-electron chi connectivity index (χ4n) is 5.06. The molecule has 136 valence electrons. The fraction of sp³-hybridized carbons (Fsp3) is 0.476. The molecule has 4 rings (SSSR count). The van der Waals surface area contributed by atoms with Crippen molar-refractivity contribution in [2.24, 2.45) is 0 Å². The van der Waals surface area contributed by atoms with Crippen LogP contribution in [-0.4, -0.2) is 39.4 Å². The number of amides is 1. The van der Waals surface area contributed by atoms with Crippen molar-refractivity contribution < 1.29 is 4.79 Å². The van der Waals surface area contributed by atoms with E-state index in [1.165, 1.54) is 12.8 Å². The van der Waals surface area contributed by atoms with E-state index in [4.69, 9.17) is 0 Å². The van der Waals surface area contributed by atoms with E-state index in [1.807, 2.05) is 44.4 Å². The van der Waals surface area contributed by atoms with Gasteiger partial charge in [-0.3, -0.25) is 9.69 Å². The Morgan fingerprint density at radius 3 is 2.35 bits per heavy atom. The first-order chi connectivity index (χ1) is 12.5. The Morgan fingerprint density at radius 2 is 1.81 bits per heavy atom. The number of benzene rings is 1. The molecular weight excluding hydrogens is 324 g/mol. The molecule has 2 fully saturated rings. The summed E-state index contributed by atoms with van der Waals surface area (Å²) in [5.41, 5.74) is 3.74. The van der Waals surface area contributed by atoms with Crippen molar-refractivity contribution in [1.82, 2.24) is 20.2 Å². The highest BCUT2D eigenvalue weighted by Crippen LogP contribution is 2.51. The molecule has 0 saturated carbocycles. The van der Waals surface area contributed by atoms with Crippen LogP contribution < -0.4 is 5.32 Å². The average molecular weight is 350 g/mol. The zero-order chi connectivity index (χ0) is 18.3. The molecular formula is C21H26N4O. The highest BCUT2D eigenvalue weighted by Gasteiger charge is 2.55. The van der Waals surface area contributed by atoms with Gasteiger partial charge in [0.2, 0.25) is 0 Å². The van der Waals surface area contributed by atoms with E-state index in [0.29, 0.717) is 6.04 Å². The molecule has 0 radical (unpaired) electrons. The Balaban J connectivity index is 1.72. The van der Waals surface area contributed by atoms with Gasteiger partial charge in [-0.05, 0) is 57.7 Å². The predicted molar refractivity (Wildman–Crippen MR) is 101 cm³/mol. The van der Waals surface area contributed by atoms with E-state index in [2.05, 4.69) is 27.2 Å². The van der Waals surface area contributed by atoms with Crippen LogP contribution in [0, 0.1) is 13.8 Å². The summed E-state index contributed by atoms with van der Waals surface area (Å²) in [7, 11) is 2.20. The van der Waals surface area contributed by atoms with Gasteiger partial charge in [-0.25, -0.2) is 9.97 Å². The number of rotatable bonds is 4. The second kappa shape index (κ2) is 6.47. The Morgan fingerprint density at radius 1 is 1.19 bits per heavy atom. The SMILES string of the molecule is Cc1cccc(C)c1C(=O)N[C@H](c1cncnc1)C12CCC(CC1)N2C. The number of nitrogens with zero attached hydrogens (tertiary/aromatic N) is 3. The van der Waals surface area contributed by atoms with Gasteiger partial charge >= 0.3 is 0 Å². The Labute approximate surface area is 154 Å². The van der Waals surface area contributed by atoms with E-state index in [-0.39, 0.29) is 17.5 Å². The third-order valence-electron chi connectivity index (χ3n) is 6.51. The molecule has 0 spiro atoms. The van der Waals surface area contributed by atoms with Crippen molar-refractivity contribution in [2.75, 3.05) is 7.05 Å². The summed E-state index contributed by atoms with van der Waals surface area (Å²) < 4.78 is 0. The van der Waals surface area contributed by atoms with Crippen molar-refractivity contribution in [2.45, 2.75) is 57.2 Å². The summed E-state index contributed by atoms with van der Waals surface area (Å²) in [5, 5.41) is 3.36. The van der Waals surface area contributed by atoms with Crippen LogP contribution in [0.4, 0.5) is 0 Å². The standard InChI is InChI=1S/C21H26N4O/c1-14-5-4-6-15(2)18(14)20(26)24-19(16-11-22-13-23-12-16)21-9-7-17(8-10-21)25(21)3/h4-6,11-13,17,19H,7-10H2,1-3H3,(H,24,26)/t17?,19-,21?/m1/s1. The van der Waals surface area contributed by atoms with Gasteiger partial charge in [0.1, 0.15) is 6.33 Å². The van der Waals surface area contributed by atoms with E-state index in [0.717, 1.165) is 35.1 Å². The van der Waals surface area contributed by atoms with Crippen LogP contribution in [0.2, 0.25) is 0 Å². The molecule has 2 aliphatic heterocycles. The fourth-order valence-corrected chi connectivity index (χ4v) is 5.06. The van der Waals surface area contributed by atoms with Crippen LogP contribution in [0.5, 0.6) is 0 Å². The van der Waals surface area contributed by atoms with Crippen LogP contribution in [0.3, 0.4) is 0 Å². The number of nitrogens with one attached hydrogen (secondary N) is 1. The van der Waals surface area contributed by atoms with Crippen molar-refractivity contribution in [3.8, 4) is 0 Å². The van der Waals surface area contributed by atoms with Crippen LogP contribution in [-0.2, 0) is 0 Å². The van der Waals surface area contributed by atoms with Crippen molar-refractivity contribution >= 4 is 5.91 Å². The van der Waals surface area contributed by atoms with Crippen molar-refractivity contribution in [1.29, 1.82) is 0 Å². The Hall–Kier alpha value is -2.27. The average Bonchev–Trinajstić information content (AvgIpc) is 3.13. The highest BCUT2D eigenvalue weighted by molar-refractivity contribution is 5.97. The molecule has 0 aliphatic carbocycles. The minimum absolute atomic E-state index is 0.00687. The monoisotopic (exact) mass is 350 g/mol. The minimum atomic E-state index is -0.104. The lowest BCUT2D eigenvalue weighted by Crippen LogP contribution is -2.51. The van der Waals surface area contributed by atoms with Crippen LogP contribution in [0.25, 0.3) is 0 Å². The molecule has 0 unspecified atom stereocenters. The number of likely N-dealkylation sites (N-methyl/N-ethyl adjacent to an activating group) is 1. The lowest BCUT2D eigenvalue weighted by Gasteiger charge is -2.40. The summed E-state index contributed by atoms with van der Waals surface area (Å²) in [6.07, 6.45) is 9.82. The third kappa shape index (κ3) is 2.62. The van der Waals surface area contributed by atoms with Gasteiger partial charge in [0.25, 0.3) is 5.91 Å². The van der Waals surface area contributed by atoms with E-state index < -0.39 is 0 Å². The number of carbonyl (C=O) groups excluding carboxylic acids is 1. The van der Waals surface area contributed by atoms with Gasteiger partial charge in [0.15, 0.2) is 0 Å². The summed E-state index contributed by atoms with van der Waals surface area (Å²) in [4.78, 5) is 24.1. The molecule has 1 amide bonds. The number of carbonyl (C=O) groups is 1. The predicted octanol–water partition coefficient (Wildman–Crippen LogP) is 3.19. The van der Waals surface area contributed by atoms with E-state index in [9.17, 15) is 4.79 Å². The van der Waals surface area contributed by atoms with Crippen LogP contribution in [0.1, 0.15) is 58.8 Å². The minimum Gasteiger partial charge on any atom is -0.343 e. The maximum absolute atomic E-state index is 13.2. The Kier molecular flexibility index (Phi) is 4.27. The van der Waals surface area contributed by atoms with Gasteiger partial charge in [-0.15, -0.1) is 0 Å². The lowest BCUT2D eigenvalue weighted by atomic mass is 9.79. The molecule has 1 atom stereocenters.